The van der Waals surface area contributed by atoms with Crippen LogP contribution in [0.4, 0.5) is 0 Å². The smallest absolute Gasteiger partial charge is 0.305 e. The molecule has 0 amide bonds. The van der Waals surface area contributed by atoms with Crippen LogP contribution < -0.4 is 0 Å². The molecule has 0 saturated heterocycles. The molecule has 1 fully saturated rings. The second kappa shape index (κ2) is 5.61. The molecule has 5 heteroatoms. The van der Waals surface area contributed by atoms with Crippen molar-refractivity contribution in [1.82, 2.24) is 0 Å². The molecule has 0 aromatic rings. The van der Waals surface area contributed by atoms with Crippen molar-refractivity contribution in [3.63, 3.8) is 0 Å². The van der Waals surface area contributed by atoms with E-state index in [4.69, 9.17) is 10.3 Å². The Kier molecular flexibility index (Phi) is 4.43. The summed E-state index contributed by atoms with van der Waals surface area (Å²) < 4.78 is 4.85. The van der Waals surface area contributed by atoms with E-state index in [-0.39, 0.29) is 11.5 Å². The van der Waals surface area contributed by atoms with Crippen molar-refractivity contribution < 1.29 is 9.53 Å². The van der Waals surface area contributed by atoms with Gasteiger partial charge >= 0.3 is 5.97 Å². The fourth-order valence-corrected chi connectivity index (χ4v) is 2.10. The van der Waals surface area contributed by atoms with Crippen LogP contribution in [0, 0.1) is 0 Å². The molecule has 84 valence electrons. The molecule has 1 rings (SSSR count). The van der Waals surface area contributed by atoms with Gasteiger partial charge < -0.3 is 4.74 Å². The molecule has 0 aromatic heterocycles. The normalized spacial score (nSPS) is 18.2. The second-order valence-electron chi connectivity index (χ2n) is 3.93. The number of esters is 1. The standard InChI is InChI=1S/C10H17N3O2/c1-2-15-9(14)5-8-10(12-13-11)6-3-4-7-10/h2-8H2,1H3. The average Bonchev–Trinajstić information content (AvgIpc) is 2.65. The van der Waals surface area contributed by atoms with Crippen LogP contribution in [0.15, 0.2) is 5.11 Å². The first-order valence-corrected chi connectivity index (χ1v) is 5.44. The van der Waals surface area contributed by atoms with Crippen molar-refractivity contribution >= 4 is 5.97 Å². The van der Waals surface area contributed by atoms with E-state index in [9.17, 15) is 4.79 Å². The first-order valence-electron chi connectivity index (χ1n) is 5.44. The molecule has 0 heterocycles. The molecule has 0 atom stereocenters. The lowest BCUT2D eigenvalue weighted by atomic mass is 9.93. The summed E-state index contributed by atoms with van der Waals surface area (Å²) in [5.74, 6) is -0.197. The molecular formula is C10H17N3O2. The quantitative estimate of drug-likeness (QED) is 0.303. The van der Waals surface area contributed by atoms with E-state index in [1.165, 1.54) is 0 Å². The Labute approximate surface area is 89.4 Å². The Hall–Kier alpha value is -1.22. The number of carbonyl (C=O) groups excluding carboxylic acids is 1. The SMILES string of the molecule is CCOC(=O)CCC1(N=[N+]=[N-])CCCC1. The number of azide groups is 1. The fraction of sp³-hybridized carbons (Fsp3) is 0.900. The number of hydrogen-bond donors (Lipinski definition) is 0. The van der Waals surface area contributed by atoms with Gasteiger partial charge in [-0.05, 0) is 31.7 Å². The van der Waals surface area contributed by atoms with E-state index in [1.807, 2.05) is 0 Å². The van der Waals surface area contributed by atoms with Gasteiger partial charge in [-0.25, -0.2) is 0 Å². The minimum absolute atomic E-state index is 0.197. The highest BCUT2D eigenvalue weighted by Crippen LogP contribution is 2.37. The maximum absolute atomic E-state index is 11.2. The van der Waals surface area contributed by atoms with Gasteiger partial charge in [-0.2, -0.15) is 0 Å². The third-order valence-electron chi connectivity index (χ3n) is 2.89. The van der Waals surface area contributed by atoms with Crippen molar-refractivity contribution in [3.8, 4) is 0 Å². The zero-order valence-corrected chi connectivity index (χ0v) is 9.11. The average molecular weight is 211 g/mol. The summed E-state index contributed by atoms with van der Waals surface area (Å²) in [5, 5.41) is 3.86. The molecule has 0 aliphatic heterocycles. The van der Waals surface area contributed by atoms with E-state index >= 15 is 0 Å². The molecule has 0 radical (unpaired) electrons. The molecule has 0 bridgehead atoms. The van der Waals surface area contributed by atoms with E-state index in [0.29, 0.717) is 19.4 Å². The summed E-state index contributed by atoms with van der Waals surface area (Å²) in [6.07, 6.45) is 4.94. The first-order chi connectivity index (χ1) is 7.22. The topological polar surface area (TPSA) is 75.1 Å². The van der Waals surface area contributed by atoms with Gasteiger partial charge in [-0.15, -0.1) is 0 Å². The Bertz CT molecular complexity index is 266. The van der Waals surface area contributed by atoms with Gasteiger partial charge in [0.05, 0.1) is 6.61 Å². The van der Waals surface area contributed by atoms with Crippen molar-refractivity contribution in [1.29, 1.82) is 0 Å². The monoisotopic (exact) mass is 211 g/mol. The molecular weight excluding hydrogens is 194 g/mol. The zero-order chi connectivity index (χ0) is 11.1. The number of ether oxygens (including phenoxy) is 1. The second-order valence-corrected chi connectivity index (χ2v) is 3.93. The lowest BCUT2D eigenvalue weighted by Crippen LogP contribution is -2.22. The molecule has 15 heavy (non-hydrogen) atoms. The van der Waals surface area contributed by atoms with Crippen LogP contribution in [-0.4, -0.2) is 18.1 Å². The summed E-state index contributed by atoms with van der Waals surface area (Å²) in [4.78, 5) is 14.1. The van der Waals surface area contributed by atoms with E-state index in [1.54, 1.807) is 6.92 Å². The Morgan fingerprint density at radius 3 is 2.73 bits per heavy atom. The lowest BCUT2D eigenvalue weighted by Gasteiger charge is -2.21. The van der Waals surface area contributed by atoms with Crippen LogP contribution in [-0.2, 0) is 9.53 Å². The van der Waals surface area contributed by atoms with Crippen LogP contribution in [0.3, 0.4) is 0 Å². The van der Waals surface area contributed by atoms with Crippen LogP contribution >= 0.6 is 0 Å². The highest BCUT2D eigenvalue weighted by atomic mass is 16.5. The number of rotatable bonds is 5. The molecule has 1 saturated carbocycles. The summed E-state index contributed by atoms with van der Waals surface area (Å²) in [6.45, 7) is 2.20. The highest BCUT2D eigenvalue weighted by Gasteiger charge is 2.33. The van der Waals surface area contributed by atoms with E-state index in [0.717, 1.165) is 25.7 Å². The van der Waals surface area contributed by atoms with E-state index in [2.05, 4.69) is 10.0 Å². The summed E-state index contributed by atoms with van der Waals surface area (Å²) >= 11 is 0. The predicted octanol–water partition coefficient (Wildman–Crippen LogP) is 2.95. The molecule has 1 aliphatic carbocycles. The Morgan fingerprint density at radius 1 is 1.53 bits per heavy atom. The van der Waals surface area contributed by atoms with Crippen LogP contribution in [0.1, 0.15) is 45.4 Å². The van der Waals surface area contributed by atoms with Crippen LogP contribution in [0.25, 0.3) is 10.4 Å². The van der Waals surface area contributed by atoms with Gasteiger partial charge in [-0.1, -0.05) is 18.0 Å². The summed E-state index contributed by atoms with van der Waals surface area (Å²) in [6, 6.07) is 0. The summed E-state index contributed by atoms with van der Waals surface area (Å²) in [7, 11) is 0. The van der Waals surface area contributed by atoms with Gasteiger partial charge in [0, 0.05) is 16.9 Å². The Morgan fingerprint density at radius 2 is 2.20 bits per heavy atom. The van der Waals surface area contributed by atoms with E-state index < -0.39 is 0 Å². The maximum Gasteiger partial charge on any atom is 0.305 e. The lowest BCUT2D eigenvalue weighted by molar-refractivity contribution is -0.143. The third-order valence-corrected chi connectivity index (χ3v) is 2.89. The fourth-order valence-electron chi connectivity index (χ4n) is 2.10. The molecule has 5 nitrogen and oxygen atoms in total. The number of hydrogen-bond acceptors (Lipinski definition) is 3. The largest absolute Gasteiger partial charge is 0.466 e. The Balaban J connectivity index is 2.45. The van der Waals surface area contributed by atoms with Gasteiger partial charge in [0.2, 0.25) is 0 Å². The number of carbonyl (C=O) groups is 1. The first kappa shape index (κ1) is 11.9. The van der Waals surface area contributed by atoms with Crippen molar-refractivity contribution in [2.75, 3.05) is 6.61 Å². The maximum atomic E-state index is 11.2. The van der Waals surface area contributed by atoms with Gasteiger partial charge in [-0.3, -0.25) is 4.79 Å². The van der Waals surface area contributed by atoms with Crippen molar-refractivity contribution in [2.45, 2.75) is 51.0 Å². The van der Waals surface area contributed by atoms with Gasteiger partial charge in [0.1, 0.15) is 0 Å². The minimum atomic E-state index is -0.318. The number of nitrogens with zero attached hydrogens (tertiary/aromatic N) is 3. The third kappa shape index (κ3) is 3.44. The zero-order valence-electron chi connectivity index (χ0n) is 9.11. The summed E-state index contributed by atoms with van der Waals surface area (Å²) in [5.41, 5.74) is 8.18. The van der Waals surface area contributed by atoms with Crippen molar-refractivity contribution in [2.24, 2.45) is 5.11 Å². The van der Waals surface area contributed by atoms with Crippen LogP contribution in [0.2, 0.25) is 0 Å². The molecule has 0 unspecified atom stereocenters. The highest BCUT2D eigenvalue weighted by molar-refractivity contribution is 5.69. The molecule has 0 N–H and O–H groups in total. The molecule has 0 aromatic carbocycles. The van der Waals surface area contributed by atoms with Gasteiger partial charge in [0.25, 0.3) is 0 Å². The van der Waals surface area contributed by atoms with Crippen LogP contribution in [0.5, 0.6) is 0 Å². The predicted molar refractivity (Wildman–Crippen MR) is 56.2 cm³/mol. The minimum Gasteiger partial charge on any atom is -0.466 e. The molecule has 1 aliphatic rings. The van der Waals surface area contributed by atoms with Gasteiger partial charge in [0.15, 0.2) is 0 Å². The van der Waals surface area contributed by atoms with Crippen molar-refractivity contribution in [3.05, 3.63) is 10.4 Å². The molecule has 0 spiro atoms.